The van der Waals surface area contributed by atoms with E-state index in [1.54, 1.807) is 19.1 Å². The Balaban J connectivity index is 2.00. The van der Waals surface area contributed by atoms with Gasteiger partial charge in [-0.25, -0.2) is 4.99 Å². The van der Waals surface area contributed by atoms with Crippen LogP contribution in [0, 0.1) is 0 Å². The SMILES string of the molecule is CCNC(=NCc1ccc(OC(F)F)c(OCC)c1)NCC1CCCO1. The molecule has 1 aromatic carbocycles. The molecule has 1 aromatic rings. The fraction of sp³-hybridized carbons (Fsp3) is 0.611. The van der Waals surface area contributed by atoms with Gasteiger partial charge in [-0.05, 0) is 44.4 Å². The highest BCUT2D eigenvalue weighted by Crippen LogP contribution is 2.30. The average molecular weight is 371 g/mol. The Bertz CT molecular complexity index is 579. The number of benzene rings is 1. The summed E-state index contributed by atoms with van der Waals surface area (Å²) in [5.41, 5.74) is 0.837. The number of nitrogens with zero attached hydrogens (tertiary/aromatic N) is 1. The first-order valence-corrected chi connectivity index (χ1v) is 8.96. The number of guanidine groups is 1. The monoisotopic (exact) mass is 371 g/mol. The summed E-state index contributed by atoms with van der Waals surface area (Å²) in [6.07, 6.45) is 2.36. The molecule has 0 amide bonds. The normalized spacial score (nSPS) is 17.4. The molecule has 1 saturated heterocycles. The molecule has 1 atom stereocenters. The van der Waals surface area contributed by atoms with Crippen LogP contribution in [0.5, 0.6) is 11.5 Å². The second-order valence-corrected chi connectivity index (χ2v) is 5.80. The van der Waals surface area contributed by atoms with E-state index >= 15 is 0 Å². The van der Waals surface area contributed by atoms with Crippen LogP contribution in [-0.4, -0.2) is 45.0 Å². The third-order valence-electron chi connectivity index (χ3n) is 3.81. The van der Waals surface area contributed by atoms with Crippen molar-refractivity contribution in [3.05, 3.63) is 23.8 Å². The molecular formula is C18H27F2N3O3. The largest absolute Gasteiger partial charge is 0.490 e. The van der Waals surface area contributed by atoms with Crippen LogP contribution >= 0.6 is 0 Å². The van der Waals surface area contributed by atoms with Crippen molar-refractivity contribution in [2.75, 3.05) is 26.3 Å². The molecule has 0 aromatic heterocycles. The zero-order chi connectivity index (χ0) is 18.8. The lowest BCUT2D eigenvalue weighted by Gasteiger charge is -2.15. The van der Waals surface area contributed by atoms with E-state index in [2.05, 4.69) is 20.4 Å². The first-order valence-electron chi connectivity index (χ1n) is 8.96. The lowest BCUT2D eigenvalue weighted by atomic mass is 10.2. The average Bonchev–Trinajstić information content (AvgIpc) is 3.13. The molecule has 1 fully saturated rings. The minimum absolute atomic E-state index is 0.0259. The van der Waals surface area contributed by atoms with E-state index in [1.165, 1.54) is 6.07 Å². The molecule has 2 N–H and O–H groups in total. The van der Waals surface area contributed by atoms with E-state index in [0.717, 1.165) is 31.6 Å². The van der Waals surface area contributed by atoms with Crippen LogP contribution in [0.3, 0.4) is 0 Å². The molecule has 0 aliphatic carbocycles. The topological polar surface area (TPSA) is 64.1 Å². The van der Waals surface area contributed by atoms with E-state index < -0.39 is 6.61 Å². The Morgan fingerprint density at radius 1 is 1.31 bits per heavy atom. The number of hydrogen-bond donors (Lipinski definition) is 2. The van der Waals surface area contributed by atoms with E-state index in [0.29, 0.717) is 25.7 Å². The summed E-state index contributed by atoms with van der Waals surface area (Å²) in [7, 11) is 0. The Kier molecular flexibility index (Phi) is 8.40. The number of aliphatic imine (C=N–C) groups is 1. The standard InChI is InChI=1S/C18H27F2N3O3/c1-3-21-18(23-12-14-6-5-9-25-14)22-11-13-7-8-15(26-17(19)20)16(10-13)24-4-2/h7-8,10,14,17H,3-6,9,11-12H2,1-2H3,(H2,21,22,23). The van der Waals surface area contributed by atoms with Gasteiger partial charge in [-0.15, -0.1) is 0 Å². The van der Waals surface area contributed by atoms with E-state index in [1.807, 2.05) is 6.92 Å². The van der Waals surface area contributed by atoms with Crippen LogP contribution in [0.2, 0.25) is 0 Å². The lowest BCUT2D eigenvalue weighted by molar-refractivity contribution is -0.0514. The van der Waals surface area contributed by atoms with Crippen molar-refractivity contribution < 1.29 is 23.0 Å². The summed E-state index contributed by atoms with van der Waals surface area (Å²) in [5, 5.41) is 6.45. The Hall–Kier alpha value is -2.09. The van der Waals surface area contributed by atoms with Gasteiger partial charge in [0.2, 0.25) is 0 Å². The highest BCUT2D eigenvalue weighted by molar-refractivity contribution is 5.79. The fourth-order valence-electron chi connectivity index (χ4n) is 2.64. The zero-order valence-corrected chi connectivity index (χ0v) is 15.3. The third kappa shape index (κ3) is 6.67. The summed E-state index contributed by atoms with van der Waals surface area (Å²) in [4.78, 5) is 4.53. The van der Waals surface area contributed by atoms with Crippen molar-refractivity contribution >= 4 is 5.96 Å². The molecule has 1 aliphatic rings. The van der Waals surface area contributed by atoms with Gasteiger partial charge in [0.1, 0.15) is 0 Å². The first-order chi connectivity index (χ1) is 12.6. The Morgan fingerprint density at radius 3 is 2.81 bits per heavy atom. The van der Waals surface area contributed by atoms with Gasteiger partial charge in [0, 0.05) is 19.7 Å². The molecule has 1 heterocycles. The molecule has 8 heteroatoms. The van der Waals surface area contributed by atoms with Gasteiger partial charge < -0.3 is 24.8 Å². The van der Waals surface area contributed by atoms with E-state index in [9.17, 15) is 8.78 Å². The molecule has 0 bridgehead atoms. The minimum atomic E-state index is -2.89. The first kappa shape index (κ1) is 20.2. The van der Waals surface area contributed by atoms with Gasteiger partial charge in [0.05, 0.1) is 19.3 Å². The van der Waals surface area contributed by atoms with Crippen LogP contribution in [0.25, 0.3) is 0 Å². The second kappa shape index (κ2) is 10.8. The zero-order valence-electron chi connectivity index (χ0n) is 15.3. The van der Waals surface area contributed by atoms with E-state index in [4.69, 9.17) is 9.47 Å². The summed E-state index contributed by atoms with van der Waals surface area (Å²) in [6, 6.07) is 4.86. The fourth-order valence-corrected chi connectivity index (χ4v) is 2.64. The second-order valence-electron chi connectivity index (χ2n) is 5.80. The minimum Gasteiger partial charge on any atom is -0.490 e. The number of rotatable bonds is 9. The summed E-state index contributed by atoms with van der Waals surface area (Å²) in [5.74, 6) is 1.00. The maximum atomic E-state index is 12.5. The van der Waals surface area contributed by atoms with Gasteiger partial charge >= 0.3 is 6.61 Å². The molecule has 6 nitrogen and oxygen atoms in total. The van der Waals surface area contributed by atoms with E-state index in [-0.39, 0.29) is 17.6 Å². The molecular weight excluding hydrogens is 344 g/mol. The van der Waals surface area contributed by atoms with Gasteiger partial charge in [0.25, 0.3) is 0 Å². The van der Waals surface area contributed by atoms with Gasteiger partial charge in [-0.2, -0.15) is 8.78 Å². The maximum absolute atomic E-state index is 12.5. The number of nitrogens with one attached hydrogen (secondary N) is 2. The lowest BCUT2D eigenvalue weighted by Crippen LogP contribution is -2.41. The summed E-state index contributed by atoms with van der Waals surface area (Å²) >= 11 is 0. The van der Waals surface area contributed by atoms with Crippen molar-refractivity contribution in [2.24, 2.45) is 4.99 Å². The summed E-state index contributed by atoms with van der Waals surface area (Å²) < 4.78 is 40.4. The Morgan fingerprint density at radius 2 is 2.15 bits per heavy atom. The van der Waals surface area contributed by atoms with Gasteiger partial charge in [0.15, 0.2) is 17.5 Å². The molecule has 26 heavy (non-hydrogen) atoms. The summed E-state index contributed by atoms with van der Waals surface area (Å²) in [6.45, 7) is 3.89. The van der Waals surface area contributed by atoms with Gasteiger partial charge in [-0.3, -0.25) is 0 Å². The molecule has 1 unspecified atom stereocenters. The quantitative estimate of drug-likeness (QED) is 0.516. The van der Waals surface area contributed by atoms with Crippen molar-refractivity contribution in [3.8, 4) is 11.5 Å². The maximum Gasteiger partial charge on any atom is 0.387 e. The molecule has 2 rings (SSSR count). The molecule has 1 aliphatic heterocycles. The number of halogens is 2. The third-order valence-corrected chi connectivity index (χ3v) is 3.81. The van der Waals surface area contributed by atoms with Crippen LogP contribution in [0.1, 0.15) is 32.3 Å². The molecule has 146 valence electrons. The smallest absolute Gasteiger partial charge is 0.387 e. The number of hydrogen-bond acceptors (Lipinski definition) is 4. The Labute approximate surface area is 152 Å². The highest BCUT2D eigenvalue weighted by Gasteiger charge is 2.15. The number of alkyl halides is 2. The van der Waals surface area contributed by atoms with Crippen molar-refractivity contribution in [3.63, 3.8) is 0 Å². The predicted molar refractivity (Wildman–Crippen MR) is 96.0 cm³/mol. The van der Waals surface area contributed by atoms with Gasteiger partial charge in [-0.1, -0.05) is 6.07 Å². The van der Waals surface area contributed by atoms with Crippen molar-refractivity contribution in [1.29, 1.82) is 0 Å². The van der Waals surface area contributed by atoms with Crippen LogP contribution in [-0.2, 0) is 11.3 Å². The predicted octanol–water partition coefficient (Wildman–Crippen LogP) is 2.92. The van der Waals surface area contributed by atoms with Crippen molar-refractivity contribution in [1.82, 2.24) is 10.6 Å². The molecule has 0 spiro atoms. The van der Waals surface area contributed by atoms with Crippen LogP contribution in [0.15, 0.2) is 23.2 Å². The molecule has 0 radical (unpaired) electrons. The van der Waals surface area contributed by atoms with Crippen molar-refractivity contribution in [2.45, 2.75) is 45.9 Å². The van der Waals surface area contributed by atoms with Crippen LogP contribution in [0.4, 0.5) is 8.78 Å². The molecule has 0 saturated carbocycles. The van der Waals surface area contributed by atoms with Crippen LogP contribution < -0.4 is 20.1 Å². The highest BCUT2D eigenvalue weighted by atomic mass is 19.3. The number of ether oxygens (including phenoxy) is 3.